The molecule has 4 heteroatoms. The molecule has 2 rings (SSSR count). The van der Waals surface area contributed by atoms with E-state index in [9.17, 15) is 4.79 Å². The second-order valence-corrected chi connectivity index (χ2v) is 6.64. The van der Waals surface area contributed by atoms with Crippen molar-refractivity contribution in [2.24, 2.45) is 5.92 Å². The number of thioether (sulfide) groups is 1. The summed E-state index contributed by atoms with van der Waals surface area (Å²) in [6.45, 7) is 0. The van der Waals surface area contributed by atoms with Gasteiger partial charge in [-0.15, -0.1) is 0 Å². The average molecular weight is 258 g/mol. The fourth-order valence-corrected chi connectivity index (χ4v) is 4.69. The number of Topliss-reactive ketones (excluding diaryl/α,β-unsaturated/α-hetero) is 1. The molecule has 0 N–H and O–H groups in total. The summed E-state index contributed by atoms with van der Waals surface area (Å²) in [7, 11) is 3.24. The van der Waals surface area contributed by atoms with Gasteiger partial charge >= 0.3 is 0 Å². The van der Waals surface area contributed by atoms with Crippen molar-refractivity contribution in [2.75, 3.05) is 14.2 Å². The molecule has 2 heterocycles. The maximum Gasteiger partial charge on any atom is 0.157 e. The zero-order valence-electron chi connectivity index (χ0n) is 10.7. The van der Waals surface area contributed by atoms with Gasteiger partial charge in [0.05, 0.1) is 0 Å². The molecule has 2 aliphatic rings. The summed E-state index contributed by atoms with van der Waals surface area (Å²) in [5.41, 5.74) is 0. The zero-order chi connectivity index (χ0) is 12.3. The lowest BCUT2D eigenvalue weighted by atomic mass is 9.92. The monoisotopic (exact) mass is 258 g/mol. The third kappa shape index (κ3) is 3.46. The van der Waals surface area contributed by atoms with Crippen LogP contribution >= 0.6 is 11.8 Å². The number of fused-ring (bicyclic) bond motifs is 2. The topological polar surface area (TPSA) is 35.5 Å². The first-order valence-corrected chi connectivity index (χ1v) is 7.41. The number of carbonyl (C=O) groups excluding carboxylic acids is 1. The third-order valence-electron chi connectivity index (χ3n) is 3.90. The highest BCUT2D eigenvalue weighted by Gasteiger charge is 2.37. The average Bonchev–Trinajstić information content (AvgIpc) is 2.69. The Bertz CT molecular complexity index is 253. The number of rotatable bonds is 6. The first-order chi connectivity index (χ1) is 8.22. The van der Waals surface area contributed by atoms with Gasteiger partial charge in [0.25, 0.3) is 0 Å². The van der Waals surface area contributed by atoms with Gasteiger partial charge in [-0.25, -0.2) is 0 Å². The molecule has 2 bridgehead atoms. The number of hydrogen-bond donors (Lipinski definition) is 0. The van der Waals surface area contributed by atoms with Gasteiger partial charge in [0, 0.05) is 43.5 Å². The van der Waals surface area contributed by atoms with E-state index in [2.05, 4.69) is 11.8 Å². The van der Waals surface area contributed by atoms with Crippen LogP contribution in [0.25, 0.3) is 0 Å². The lowest BCUT2D eigenvalue weighted by molar-refractivity contribution is -0.130. The first kappa shape index (κ1) is 13.4. The predicted molar refractivity (Wildman–Crippen MR) is 69.2 cm³/mol. The van der Waals surface area contributed by atoms with Gasteiger partial charge < -0.3 is 9.47 Å². The molecule has 0 aromatic heterocycles. The Morgan fingerprint density at radius 1 is 1.24 bits per heavy atom. The summed E-state index contributed by atoms with van der Waals surface area (Å²) in [6.07, 6.45) is 5.89. The number of carbonyl (C=O) groups is 1. The molecule has 2 unspecified atom stereocenters. The van der Waals surface area contributed by atoms with Gasteiger partial charge in [0.15, 0.2) is 6.29 Å². The van der Waals surface area contributed by atoms with Crippen molar-refractivity contribution in [1.82, 2.24) is 0 Å². The Labute approximate surface area is 108 Å². The molecule has 98 valence electrons. The predicted octanol–water partition coefficient (Wildman–Crippen LogP) is 2.63. The van der Waals surface area contributed by atoms with Crippen LogP contribution in [-0.4, -0.2) is 36.8 Å². The van der Waals surface area contributed by atoms with Gasteiger partial charge in [-0.3, -0.25) is 4.79 Å². The molecular formula is C13H22O3S. The van der Waals surface area contributed by atoms with Crippen molar-refractivity contribution in [3.8, 4) is 0 Å². The molecule has 2 fully saturated rings. The smallest absolute Gasteiger partial charge is 0.157 e. The number of ether oxygens (including phenoxy) is 2. The molecule has 2 atom stereocenters. The SMILES string of the molecule is COC(CCC(=O)C1CC2CCC(C1)S2)OC. The Balaban J connectivity index is 1.76. The summed E-state index contributed by atoms with van der Waals surface area (Å²) in [6, 6.07) is 0. The lowest BCUT2D eigenvalue weighted by Gasteiger charge is -2.26. The highest BCUT2D eigenvalue weighted by molar-refractivity contribution is 8.00. The molecule has 2 saturated heterocycles. The molecule has 0 aromatic carbocycles. The van der Waals surface area contributed by atoms with Gasteiger partial charge in [-0.2, -0.15) is 11.8 Å². The van der Waals surface area contributed by atoms with Crippen LogP contribution in [0.15, 0.2) is 0 Å². The van der Waals surface area contributed by atoms with E-state index in [1.54, 1.807) is 14.2 Å². The molecule has 2 aliphatic heterocycles. The van der Waals surface area contributed by atoms with Crippen molar-refractivity contribution in [2.45, 2.75) is 55.3 Å². The molecular weight excluding hydrogens is 236 g/mol. The van der Waals surface area contributed by atoms with E-state index in [1.807, 2.05) is 0 Å². The van der Waals surface area contributed by atoms with Crippen LogP contribution < -0.4 is 0 Å². The highest BCUT2D eigenvalue weighted by Crippen LogP contribution is 2.46. The van der Waals surface area contributed by atoms with Crippen LogP contribution in [0.3, 0.4) is 0 Å². The van der Waals surface area contributed by atoms with E-state index in [4.69, 9.17) is 9.47 Å². The first-order valence-electron chi connectivity index (χ1n) is 6.46. The molecule has 0 spiro atoms. The maximum atomic E-state index is 12.1. The minimum absolute atomic E-state index is 0.228. The lowest BCUT2D eigenvalue weighted by Crippen LogP contribution is -2.26. The fourth-order valence-electron chi connectivity index (χ4n) is 2.92. The summed E-state index contributed by atoms with van der Waals surface area (Å²) in [5.74, 6) is 0.726. The normalized spacial score (nSPS) is 32.1. The zero-order valence-corrected chi connectivity index (χ0v) is 11.5. The summed E-state index contributed by atoms with van der Waals surface area (Å²) >= 11 is 2.11. The minimum atomic E-state index is -0.228. The van der Waals surface area contributed by atoms with Crippen molar-refractivity contribution < 1.29 is 14.3 Å². The standard InChI is InChI=1S/C13H22O3S/c1-15-13(16-2)6-5-12(14)9-7-10-3-4-11(8-9)17-10/h9-11,13H,3-8H2,1-2H3. The second-order valence-electron chi connectivity index (χ2n) is 5.03. The Morgan fingerprint density at radius 2 is 1.82 bits per heavy atom. The van der Waals surface area contributed by atoms with Crippen molar-refractivity contribution >= 4 is 17.5 Å². The van der Waals surface area contributed by atoms with E-state index >= 15 is 0 Å². The largest absolute Gasteiger partial charge is 0.356 e. The van der Waals surface area contributed by atoms with Crippen molar-refractivity contribution in [3.63, 3.8) is 0 Å². The van der Waals surface area contributed by atoms with E-state index in [0.717, 1.165) is 23.3 Å². The van der Waals surface area contributed by atoms with Crippen LogP contribution in [0.4, 0.5) is 0 Å². The van der Waals surface area contributed by atoms with E-state index < -0.39 is 0 Å². The summed E-state index contributed by atoms with van der Waals surface area (Å²) in [4.78, 5) is 12.1. The van der Waals surface area contributed by atoms with Gasteiger partial charge in [0.2, 0.25) is 0 Å². The second kappa shape index (κ2) is 6.21. The van der Waals surface area contributed by atoms with Gasteiger partial charge in [-0.05, 0) is 25.7 Å². The molecule has 0 aliphatic carbocycles. The molecule has 3 nitrogen and oxygen atoms in total. The Kier molecular flexibility index (Phi) is 4.88. The van der Waals surface area contributed by atoms with Gasteiger partial charge in [-0.1, -0.05) is 0 Å². The van der Waals surface area contributed by atoms with Crippen molar-refractivity contribution in [1.29, 1.82) is 0 Å². The van der Waals surface area contributed by atoms with Crippen LogP contribution in [0.5, 0.6) is 0 Å². The van der Waals surface area contributed by atoms with Crippen molar-refractivity contribution in [3.05, 3.63) is 0 Å². The molecule has 0 aromatic rings. The minimum Gasteiger partial charge on any atom is -0.356 e. The molecule has 0 saturated carbocycles. The van der Waals surface area contributed by atoms with Gasteiger partial charge in [0.1, 0.15) is 5.78 Å². The van der Waals surface area contributed by atoms with E-state index in [-0.39, 0.29) is 6.29 Å². The Morgan fingerprint density at radius 3 is 2.35 bits per heavy atom. The van der Waals surface area contributed by atoms with Crippen LogP contribution in [-0.2, 0) is 14.3 Å². The van der Waals surface area contributed by atoms with Crippen LogP contribution in [0.2, 0.25) is 0 Å². The van der Waals surface area contributed by atoms with E-state index in [1.165, 1.54) is 12.8 Å². The maximum absolute atomic E-state index is 12.1. The number of methoxy groups -OCH3 is 2. The Hall–Kier alpha value is -0.0600. The molecule has 17 heavy (non-hydrogen) atoms. The summed E-state index contributed by atoms with van der Waals surface area (Å²) in [5, 5.41) is 1.51. The fraction of sp³-hybridized carbons (Fsp3) is 0.923. The highest BCUT2D eigenvalue weighted by atomic mass is 32.2. The third-order valence-corrected chi connectivity index (χ3v) is 5.52. The summed E-state index contributed by atoms with van der Waals surface area (Å²) < 4.78 is 10.2. The molecule has 0 amide bonds. The van der Waals surface area contributed by atoms with Crippen LogP contribution in [0.1, 0.15) is 38.5 Å². The molecule has 0 radical (unpaired) electrons. The number of hydrogen-bond acceptors (Lipinski definition) is 4. The van der Waals surface area contributed by atoms with E-state index in [0.29, 0.717) is 24.5 Å². The van der Waals surface area contributed by atoms with Crippen LogP contribution in [0, 0.1) is 5.92 Å². The number of ketones is 1. The quantitative estimate of drug-likeness (QED) is 0.686.